The maximum atomic E-state index is 12.3. The van der Waals surface area contributed by atoms with E-state index in [9.17, 15) is 14.4 Å². The van der Waals surface area contributed by atoms with Gasteiger partial charge in [0, 0.05) is 5.69 Å². The molecule has 0 fully saturated rings. The Morgan fingerprint density at radius 3 is 2.63 bits per heavy atom. The summed E-state index contributed by atoms with van der Waals surface area (Å²) in [6, 6.07) is 9.32. The number of rotatable bonds is 6. The molecule has 3 rings (SSSR count). The van der Waals surface area contributed by atoms with Crippen LogP contribution in [0, 0.1) is 0 Å². The molecule has 2 N–H and O–H groups in total. The maximum absolute atomic E-state index is 12.3. The number of H-pyrrole nitrogens is 1. The van der Waals surface area contributed by atoms with E-state index in [1.807, 2.05) is 0 Å². The van der Waals surface area contributed by atoms with Crippen molar-refractivity contribution in [3.05, 3.63) is 68.2 Å². The fraction of sp³-hybridized carbons (Fsp3) is 0.200. The van der Waals surface area contributed by atoms with Gasteiger partial charge in [-0.2, -0.15) is 0 Å². The van der Waals surface area contributed by atoms with Gasteiger partial charge in [0.1, 0.15) is 5.82 Å². The summed E-state index contributed by atoms with van der Waals surface area (Å²) in [4.78, 5) is 45.1. The molecule has 0 aliphatic heterocycles. The summed E-state index contributed by atoms with van der Waals surface area (Å²) in [6.07, 6.45) is 0. The maximum Gasteiger partial charge on any atom is 0.337 e. The molecule has 0 radical (unpaired) electrons. The van der Waals surface area contributed by atoms with Gasteiger partial charge < -0.3 is 15.0 Å². The summed E-state index contributed by atoms with van der Waals surface area (Å²) in [5.74, 6) is -0.428. The first kappa shape index (κ1) is 21.8. The normalized spacial score (nSPS) is 11.0. The van der Waals surface area contributed by atoms with Crippen LogP contribution in [-0.2, 0) is 16.1 Å². The first-order valence-corrected chi connectivity index (χ1v) is 9.57. The van der Waals surface area contributed by atoms with Crippen LogP contribution in [0.2, 0.25) is 10.0 Å². The lowest BCUT2D eigenvalue weighted by atomic mass is 10.1. The number of fused-ring (bicyclic) bond motifs is 1. The van der Waals surface area contributed by atoms with Gasteiger partial charge in [-0.3, -0.25) is 14.5 Å². The Hall–Kier alpha value is -2.94. The number of esters is 1. The molecule has 0 aliphatic carbocycles. The lowest BCUT2D eigenvalue weighted by molar-refractivity contribution is -0.117. The standard InChI is InChI=1S/C20H18Cl2N4O4/c1-26(10-18(27)23-12-4-6-14(21)15(22)8-12)9-17-24-16-7-11(20(29)30-2)3-5-13(16)19(28)25-17/h3-8H,9-10H2,1-2H3,(H,23,27)(H,24,25,28). The number of methoxy groups -OCH3 is 1. The highest BCUT2D eigenvalue weighted by Gasteiger charge is 2.13. The number of anilines is 1. The number of hydrogen-bond acceptors (Lipinski definition) is 6. The van der Waals surface area contributed by atoms with E-state index in [1.165, 1.54) is 25.3 Å². The van der Waals surface area contributed by atoms with Crippen molar-refractivity contribution in [2.24, 2.45) is 0 Å². The van der Waals surface area contributed by atoms with Gasteiger partial charge in [-0.15, -0.1) is 0 Å². The van der Waals surface area contributed by atoms with E-state index in [4.69, 9.17) is 27.9 Å². The molecule has 0 saturated heterocycles. The van der Waals surface area contributed by atoms with Crippen LogP contribution in [0.5, 0.6) is 0 Å². The van der Waals surface area contributed by atoms with Gasteiger partial charge >= 0.3 is 5.97 Å². The summed E-state index contributed by atoms with van der Waals surface area (Å²) in [6.45, 7) is 0.257. The van der Waals surface area contributed by atoms with Crippen molar-refractivity contribution < 1.29 is 14.3 Å². The van der Waals surface area contributed by atoms with E-state index in [0.29, 0.717) is 38.0 Å². The van der Waals surface area contributed by atoms with Crippen LogP contribution in [0.1, 0.15) is 16.2 Å². The van der Waals surface area contributed by atoms with E-state index in [-0.39, 0.29) is 24.6 Å². The monoisotopic (exact) mass is 448 g/mol. The Bertz CT molecular complexity index is 1180. The third-order valence-electron chi connectivity index (χ3n) is 4.21. The number of halogens is 2. The lowest BCUT2D eigenvalue weighted by Gasteiger charge is -2.16. The van der Waals surface area contributed by atoms with Crippen LogP contribution in [0.25, 0.3) is 10.9 Å². The second-order valence-corrected chi connectivity index (χ2v) is 7.40. The van der Waals surface area contributed by atoms with Crippen molar-refractivity contribution in [3.8, 4) is 0 Å². The molecular formula is C20H18Cl2N4O4. The number of ether oxygens (including phenoxy) is 1. The van der Waals surface area contributed by atoms with Crippen LogP contribution >= 0.6 is 23.2 Å². The largest absolute Gasteiger partial charge is 0.465 e. The molecule has 3 aromatic rings. The number of hydrogen-bond donors (Lipinski definition) is 2. The highest BCUT2D eigenvalue weighted by Crippen LogP contribution is 2.25. The predicted molar refractivity (Wildman–Crippen MR) is 115 cm³/mol. The van der Waals surface area contributed by atoms with E-state index >= 15 is 0 Å². The van der Waals surface area contributed by atoms with E-state index < -0.39 is 5.97 Å². The molecule has 0 unspecified atom stereocenters. The minimum absolute atomic E-state index is 0.0458. The van der Waals surface area contributed by atoms with Crippen LogP contribution in [-0.4, -0.2) is 47.4 Å². The fourth-order valence-electron chi connectivity index (χ4n) is 2.84. The van der Waals surface area contributed by atoms with Crippen molar-refractivity contribution in [3.63, 3.8) is 0 Å². The van der Waals surface area contributed by atoms with Crippen LogP contribution in [0.15, 0.2) is 41.2 Å². The minimum atomic E-state index is -0.517. The SMILES string of the molecule is COC(=O)c1ccc2c(=O)[nH]c(CN(C)CC(=O)Nc3ccc(Cl)c(Cl)c3)nc2c1. The molecule has 10 heteroatoms. The molecule has 8 nitrogen and oxygen atoms in total. The van der Waals surface area contributed by atoms with Gasteiger partial charge in [0.05, 0.1) is 46.7 Å². The molecule has 2 aromatic carbocycles. The second-order valence-electron chi connectivity index (χ2n) is 6.59. The molecule has 0 spiro atoms. The van der Waals surface area contributed by atoms with Gasteiger partial charge in [0.2, 0.25) is 5.91 Å². The fourth-order valence-corrected chi connectivity index (χ4v) is 3.14. The molecule has 0 saturated carbocycles. The zero-order valence-corrected chi connectivity index (χ0v) is 17.7. The van der Waals surface area contributed by atoms with Crippen molar-refractivity contribution in [1.82, 2.24) is 14.9 Å². The number of likely N-dealkylation sites (N-methyl/N-ethyl adjacent to an activating group) is 1. The van der Waals surface area contributed by atoms with E-state index in [0.717, 1.165) is 0 Å². The molecule has 1 heterocycles. The summed E-state index contributed by atoms with van der Waals surface area (Å²) in [7, 11) is 2.99. The highest BCUT2D eigenvalue weighted by molar-refractivity contribution is 6.42. The minimum Gasteiger partial charge on any atom is -0.465 e. The van der Waals surface area contributed by atoms with Crippen molar-refractivity contribution in [2.45, 2.75) is 6.54 Å². The number of carbonyl (C=O) groups excluding carboxylic acids is 2. The molecule has 0 bridgehead atoms. The second kappa shape index (κ2) is 9.25. The summed E-state index contributed by atoms with van der Waals surface area (Å²) < 4.78 is 4.70. The molecule has 0 atom stereocenters. The van der Waals surface area contributed by atoms with Gasteiger partial charge in [0.25, 0.3) is 5.56 Å². The van der Waals surface area contributed by atoms with Crippen LogP contribution < -0.4 is 10.9 Å². The first-order chi connectivity index (χ1) is 14.3. The molecule has 1 aromatic heterocycles. The number of aromatic amines is 1. The number of nitrogens with one attached hydrogen (secondary N) is 2. The molecule has 0 aliphatic rings. The quantitative estimate of drug-likeness (QED) is 0.561. The predicted octanol–water partition coefficient (Wildman–Crippen LogP) is 3.09. The van der Waals surface area contributed by atoms with Gasteiger partial charge in [-0.05, 0) is 43.4 Å². The van der Waals surface area contributed by atoms with Crippen molar-refractivity contribution in [1.29, 1.82) is 0 Å². The highest BCUT2D eigenvalue weighted by atomic mass is 35.5. The number of nitrogens with zero attached hydrogens (tertiary/aromatic N) is 2. The third-order valence-corrected chi connectivity index (χ3v) is 4.95. The van der Waals surface area contributed by atoms with Crippen molar-refractivity contribution in [2.75, 3.05) is 26.0 Å². The summed E-state index contributed by atoms with van der Waals surface area (Å²) >= 11 is 11.8. The Morgan fingerprint density at radius 1 is 1.17 bits per heavy atom. The Morgan fingerprint density at radius 2 is 1.93 bits per heavy atom. The number of aromatic nitrogens is 2. The van der Waals surface area contributed by atoms with Crippen LogP contribution in [0.4, 0.5) is 5.69 Å². The molecule has 30 heavy (non-hydrogen) atoms. The Kier molecular flexibility index (Phi) is 6.71. The average Bonchev–Trinajstić information content (AvgIpc) is 2.69. The third kappa shape index (κ3) is 5.15. The average molecular weight is 449 g/mol. The topological polar surface area (TPSA) is 104 Å². The number of benzene rings is 2. The van der Waals surface area contributed by atoms with Gasteiger partial charge in [-0.25, -0.2) is 9.78 Å². The zero-order chi connectivity index (χ0) is 21.8. The molecular weight excluding hydrogens is 431 g/mol. The van der Waals surface area contributed by atoms with E-state index in [1.54, 1.807) is 30.1 Å². The molecule has 1 amide bonds. The smallest absolute Gasteiger partial charge is 0.337 e. The number of amides is 1. The summed E-state index contributed by atoms with van der Waals surface area (Å²) in [5.41, 5.74) is 0.851. The van der Waals surface area contributed by atoms with Gasteiger partial charge in [-0.1, -0.05) is 23.2 Å². The zero-order valence-electron chi connectivity index (χ0n) is 16.2. The van der Waals surface area contributed by atoms with Crippen LogP contribution in [0.3, 0.4) is 0 Å². The Balaban J connectivity index is 1.71. The first-order valence-electron chi connectivity index (χ1n) is 8.81. The molecule has 156 valence electrons. The lowest BCUT2D eigenvalue weighted by Crippen LogP contribution is -2.31. The van der Waals surface area contributed by atoms with E-state index in [2.05, 4.69) is 15.3 Å². The summed E-state index contributed by atoms with van der Waals surface area (Å²) in [5, 5.41) is 3.82. The van der Waals surface area contributed by atoms with Gasteiger partial charge in [0.15, 0.2) is 0 Å². The van der Waals surface area contributed by atoms with Crippen molar-refractivity contribution >= 4 is 51.7 Å². The Labute approximate surface area is 181 Å². The number of carbonyl (C=O) groups is 2.